The largest absolute Gasteiger partial charge is 0.378 e. The predicted octanol–water partition coefficient (Wildman–Crippen LogP) is 5.80. The van der Waals surface area contributed by atoms with Crippen LogP contribution in [0.5, 0.6) is 0 Å². The molecule has 2 rings (SSSR count). The Morgan fingerprint density at radius 3 is 2.15 bits per heavy atom. The van der Waals surface area contributed by atoms with Gasteiger partial charge in [-0.15, -0.1) is 0 Å². The second-order valence-corrected chi connectivity index (χ2v) is 6.06. The summed E-state index contributed by atoms with van der Waals surface area (Å²) in [6.45, 7) is 1.84. The van der Waals surface area contributed by atoms with Gasteiger partial charge in [0.05, 0.1) is 0 Å². The van der Waals surface area contributed by atoms with E-state index in [9.17, 15) is 13.2 Å². The van der Waals surface area contributed by atoms with Gasteiger partial charge in [0.2, 0.25) is 0 Å². The molecule has 0 radical (unpaired) electrons. The summed E-state index contributed by atoms with van der Waals surface area (Å²) in [4.78, 5) is 0. The van der Waals surface area contributed by atoms with Crippen molar-refractivity contribution in [3.8, 4) is 0 Å². The summed E-state index contributed by atoms with van der Waals surface area (Å²) in [6, 6.07) is 7.27. The predicted molar refractivity (Wildman–Crippen MR) is 80.2 cm³/mol. The normalized spacial score (nSPS) is 12.3. The van der Waals surface area contributed by atoms with E-state index in [2.05, 4.69) is 37.2 Å². The van der Waals surface area contributed by atoms with Crippen molar-refractivity contribution in [1.29, 1.82) is 0 Å². The molecule has 0 amide bonds. The summed E-state index contributed by atoms with van der Waals surface area (Å²) in [7, 11) is 0. The molecule has 1 N–H and O–H groups in total. The van der Waals surface area contributed by atoms with Crippen LogP contribution in [0.2, 0.25) is 0 Å². The van der Waals surface area contributed by atoms with Crippen LogP contribution < -0.4 is 5.32 Å². The number of anilines is 1. The van der Waals surface area contributed by atoms with Crippen LogP contribution in [0.4, 0.5) is 18.9 Å². The lowest BCUT2D eigenvalue weighted by Gasteiger charge is -2.17. The molecular formula is C14H10Br2F3N. The van der Waals surface area contributed by atoms with Gasteiger partial charge in [0.25, 0.3) is 0 Å². The van der Waals surface area contributed by atoms with E-state index in [4.69, 9.17) is 0 Å². The highest BCUT2D eigenvalue weighted by Gasteiger charge is 2.14. The van der Waals surface area contributed by atoms with Crippen LogP contribution in [0.15, 0.2) is 39.3 Å². The van der Waals surface area contributed by atoms with E-state index in [-0.39, 0.29) is 11.7 Å². The van der Waals surface area contributed by atoms with Crippen LogP contribution in [0, 0.1) is 17.5 Å². The molecule has 2 aromatic carbocycles. The fraction of sp³-hybridized carbons (Fsp3) is 0.143. The van der Waals surface area contributed by atoms with Gasteiger partial charge in [0, 0.05) is 32.8 Å². The number of hydrogen-bond donors (Lipinski definition) is 1. The van der Waals surface area contributed by atoms with E-state index in [1.54, 1.807) is 0 Å². The van der Waals surface area contributed by atoms with Gasteiger partial charge in [0.1, 0.15) is 0 Å². The van der Waals surface area contributed by atoms with Crippen molar-refractivity contribution >= 4 is 37.5 Å². The summed E-state index contributed by atoms with van der Waals surface area (Å²) in [5.41, 5.74) is 1.10. The standard InChI is InChI=1S/C14H10Br2F3N/c1-7(10-3-2-8(15)4-11(10)16)20-9-5-12(17)14(19)13(18)6-9/h2-7,20H,1H3. The van der Waals surface area contributed by atoms with Gasteiger partial charge in [-0.05, 0) is 24.6 Å². The number of halogens is 5. The Balaban J connectivity index is 2.25. The molecule has 0 heterocycles. The molecule has 2 aromatic rings. The van der Waals surface area contributed by atoms with E-state index in [1.807, 2.05) is 25.1 Å². The third kappa shape index (κ3) is 3.35. The Bertz CT molecular complexity index is 623. The Kier molecular flexibility index (Phi) is 4.75. The van der Waals surface area contributed by atoms with Gasteiger partial charge in [-0.25, -0.2) is 13.2 Å². The molecule has 0 saturated carbocycles. The zero-order chi connectivity index (χ0) is 14.9. The molecule has 0 aliphatic carbocycles. The van der Waals surface area contributed by atoms with Gasteiger partial charge in [-0.3, -0.25) is 0 Å². The summed E-state index contributed by atoms with van der Waals surface area (Å²) < 4.78 is 41.0. The van der Waals surface area contributed by atoms with Gasteiger partial charge >= 0.3 is 0 Å². The quantitative estimate of drug-likeness (QED) is 0.632. The Morgan fingerprint density at radius 1 is 1.00 bits per heavy atom. The van der Waals surface area contributed by atoms with Crippen LogP contribution in [0.25, 0.3) is 0 Å². The van der Waals surface area contributed by atoms with Crippen molar-refractivity contribution in [2.45, 2.75) is 13.0 Å². The monoisotopic (exact) mass is 407 g/mol. The molecule has 1 nitrogen and oxygen atoms in total. The SMILES string of the molecule is CC(Nc1cc(F)c(F)c(F)c1)c1ccc(Br)cc1Br. The highest BCUT2D eigenvalue weighted by atomic mass is 79.9. The van der Waals surface area contributed by atoms with Crippen molar-refractivity contribution in [3.05, 3.63) is 62.3 Å². The minimum absolute atomic E-state index is 0.184. The third-order valence-electron chi connectivity index (χ3n) is 2.80. The van der Waals surface area contributed by atoms with Crippen LogP contribution in [0.3, 0.4) is 0 Å². The first-order valence-corrected chi connectivity index (χ1v) is 7.33. The lowest BCUT2D eigenvalue weighted by atomic mass is 10.1. The van der Waals surface area contributed by atoms with E-state index >= 15 is 0 Å². The topological polar surface area (TPSA) is 12.0 Å². The lowest BCUT2D eigenvalue weighted by molar-refractivity contribution is 0.447. The number of hydrogen-bond acceptors (Lipinski definition) is 1. The summed E-state index contributed by atoms with van der Waals surface area (Å²) in [5.74, 6) is -3.89. The van der Waals surface area contributed by atoms with Crippen molar-refractivity contribution in [3.63, 3.8) is 0 Å². The first-order chi connectivity index (χ1) is 9.38. The minimum Gasteiger partial charge on any atom is -0.378 e. The average molecular weight is 409 g/mol. The van der Waals surface area contributed by atoms with Crippen molar-refractivity contribution < 1.29 is 13.2 Å². The molecule has 0 fully saturated rings. The number of nitrogens with one attached hydrogen (secondary N) is 1. The van der Waals surface area contributed by atoms with Crippen molar-refractivity contribution in [1.82, 2.24) is 0 Å². The van der Waals surface area contributed by atoms with Crippen LogP contribution in [0.1, 0.15) is 18.5 Å². The molecule has 1 atom stereocenters. The van der Waals surface area contributed by atoms with Crippen LogP contribution in [-0.2, 0) is 0 Å². The molecule has 20 heavy (non-hydrogen) atoms. The summed E-state index contributed by atoms with van der Waals surface area (Å²) >= 11 is 6.77. The minimum atomic E-state index is -1.46. The maximum absolute atomic E-state index is 13.2. The van der Waals surface area contributed by atoms with E-state index in [0.717, 1.165) is 26.6 Å². The summed E-state index contributed by atoms with van der Waals surface area (Å²) in [5, 5.41) is 2.94. The maximum Gasteiger partial charge on any atom is 0.194 e. The fourth-order valence-corrected chi connectivity index (χ4v) is 3.21. The molecule has 0 aliphatic heterocycles. The summed E-state index contributed by atoms with van der Waals surface area (Å²) in [6.07, 6.45) is 0. The fourth-order valence-electron chi connectivity index (χ4n) is 1.82. The van der Waals surface area contributed by atoms with Crippen LogP contribution in [-0.4, -0.2) is 0 Å². The van der Waals surface area contributed by atoms with E-state index in [1.165, 1.54) is 0 Å². The van der Waals surface area contributed by atoms with Gasteiger partial charge in [-0.1, -0.05) is 37.9 Å². The van der Waals surface area contributed by atoms with E-state index in [0.29, 0.717) is 0 Å². The Hall–Kier alpha value is -1.01. The number of benzene rings is 2. The van der Waals surface area contributed by atoms with Crippen molar-refractivity contribution in [2.75, 3.05) is 5.32 Å². The first kappa shape index (κ1) is 15.4. The zero-order valence-electron chi connectivity index (χ0n) is 10.4. The molecular weight excluding hydrogens is 399 g/mol. The van der Waals surface area contributed by atoms with Crippen molar-refractivity contribution in [2.24, 2.45) is 0 Å². The highest BCUT2D eigenvalue weighted by Crippen LogP contribution is 2.29. The van der Waals surface area contributed by atoms with Crippen LogP contribution >= 0.6 is 31.9 Å². The molecule has 1 unspecified atom stereocenters. The number of rotatable bonds is 3. The smallest absolute Gasteiger partial charge is 0.194 e. The molecule has 0 aromatic heterocycles. The average Bonchev–Trinajstić information content (AvgIpc) is 2.35. The Labute approximate surface area is 131 Å². The molecule has 0 spiro atoms. The maximum atomic E-state index is 13.2. The molecule has 0 bridgehead atoms. The van der Waals surface area contributed by atoms with Gasteiger partial charge in [0.15, 0.2) is 17.5 Å². The van der Waals surface area contributed by atoms with E-state index < -0.39 is 17.5 Å². The highest BCUT2D eigenvalue weighted by molar-refractivity contribution is 9.11. The van der Waals surface area contributed by atoms with Gasteiger partial charge in [-0.2, -0.15) is 0 Å². The second kappa shape index (κ2) is 6.18. The molecule has 106 valence electrons. The Morgan fingerprint density at radius 2 is 1.60 bits per heavy atom. The second-order valence-electron chi connectivity index (χ2n) is 4.29. The third-order valence-corrected chi connectivity index (χ3v) is 3.98. The first-order valence-electron chi connectivity index (χ1n) is 5.74. The van der Waals surface area contributed by atoms with Gasteiger partial charge < -0.3 is 5.32 Å². The molecule has 0 aliphatic rings. The lowest BCUT2D eigenvalue weighted by Crippen LogP contribution is -2.08. The zero-order valence-corrected chi connectivity index (χ0v) is 13.5. The molecule has 6 heteroatoms. The molecule has 0 saturated heterocycles.